The molecule has 2 fully saturated rings. The van der Waals surface area contributed by atoms with Gasteiger partial charge in [0.05, 0.1) is 12.4 Å². The van der Waals surface area contributed by atoms with Gasteiger partial charge in [0.15, 0.2) is 0 Å². The van der Waals surface area contributed by atoms with Gasteiger partial charge in [-0.25, -0.2) is 0 Å². The van der Waals surface area contributed by atoms with Crippen molar-refractivity contribution >= 4 is 5.57 Å². The normalized spacial score (nSPS) is 47.5. The molecule has 0 amide bonds. The molecule has 1 aromatic rings. The van der Waals surface area contributed by atoms with E-state index in [1.165, 1.54) is 24.8 Å². The SMILES string of the molecule is C[C@@H]1C=C2C[C@H](O)CC[C@]2(C)[C@H]2CC[C@]3(C)C(c4ccco4)=CC[C@H]3[C@H]12. The Morgan fingerprint density at radius 1 is 1.12 bits per heavy atom. The number of aliphatic hydroxyl groups excluding tert-OH is 1. The van der Waals surface area contributed by atoms with Crippen molar-refractivity contribution < 1.29 is 9.52 Å². The fourth-order valence-electron chi connectivity index (χ4n) is 7.38. The van der Waals surface area contributed by atoms with E-state index in [0.717, 1.165) is 42.8 Å². The van der Waals surface area contributed by atoms with E-state index in [0.29, 0.717) is 11.3 Å². The summed E-state index contributed by atoms with van der Waals surface area (Å²) in [6, 6.07) is 4.16. The molecule has 1 heterocycles. The third kappa shape index (κ3) is 2.14. The largest absolute Gasteiger partial charge is 0.465 e. The molecule has 2 heteroatoms. The predicted octanol–water partition coefficient (Wildman–Crippen LogP) is 5.84. The Balaban J connectivity index is 1.52. The van der Waals surface area contributed by atoms with Crippen LogP contribution in [0.3, 0.4) is 0 Å². The summed E-state index contributed by atoms with van der Waals surface area (Å²) in [6.45, 7) is 7.43. The number of hydrogen-bond acceptors (Lipinski definition) is 2. The van der Waals surface area contributed by atoms with E-state index < -0.39 is 0 Å². The summed E-state index contributed by atoms with van der Waals surface area (Å²) >= 11 is 0. The summed E-state index contributed by atoms with van der Waals surface area (Å²) in [6.07, 6.45) is 13.5. The first-order chi connectivity index (χ1) is 12.4. The van der Waals surface area contributed by atoms with E-state index in [1.807, 2.05) is 12.3 Å². The Labute approximate surface area is 157 Å². The number of furan rings is 1. The zero-order valence-corrected chi connectivity index (χ0v) is 16.4. The summed E-state index contributed by atoms with van der Waals surface area (Å²) in [5.41, 5.74) is 3.58. The summed E-state index contributed by atoms with van der Waals surface area (Å²) in [5, 5.41) is 10.2. The summed E-state index contributed by atoms with van der Waals surface area (Å²) in [4.78, 5) is 0. The van der Waals surface area contributed by atoms with Gasteiger partial charge in [-0.3, -0.25) is 0 Å². The Morgan fingerprint density at radius 3 is 2.69 bits per heavy atom. The Hall–Kier alpha value is -1.28. The lowest BCUT2D eigenvalue weighted by molar-refractivity contribution is -0.0428. The molecule has 0 unspecified atom stereocenters. The first kappa shape index (κ1) is 16.9. The lowest BCUT2D eigenvalue weighted by Crippen LogP contribution is -2.52. The van der Waals surface area contributed by atoms with E-state index in [2.05, 4.69) is 39.0 Å². The number of fused-ring (bicyclic) bond motifs is 5. The molecule has 0 aromatic carbocycles. The second kappa shape index (κ2) is 5.61. The van der Waals surface area contributed by atoms with Gasteiger partial charge in [-0.05, 0) is 90.7 Å². The Bertz CT molecular complexity index is 757. The summed E-state index contributed by atoms with van der Waals surface area (Å²) in [5.74, 6) is 3.94. The van der Waals surface area contributed by atoms with Crippen molar-refractivity contribution in [2.75, 3.05) is 0 Å². The van der Waals surface area contributed by atoms with Gasteiger partial charge in [-0.1, -0.05) is 38.5 Å². The average Bonchev–Trinajstić information content (AvgIpc) is 3.23. The molecule has 26 heavy (non-hydrogen) atoms. The molecule has 5 rings (SSSR count). The third-order valence-electron chi connectivity index (χ3n) is 8.78. The summed E-state index contributed by atoms with van der Waals surface area (Å²) in [7, 11) is 0. The number of hydrogen-bond donors (Lipinski definition) is 1. The molecule has 2 nitrogen and oxygen atoms in total. The second-order valence-electron chi connectivity index (χ2n) is 9.94. The van der Waals surface area contributed by atoms with Crippen LogP contribution < -0.4 is 0 Å². The van der Waals surface area contributed by atoms with Gasteiger partial charge >= 0.3 is 0 Å². The quantitative estimate of drug-likeness (QED) is 0.644. The van der Waals surface area contributed by atoms with Crippen molar-refractivity contribution in [2.24, 2.45) is 34.5 Å². The average molecular weight is 353 g/mol. The molecular weight excluding hydrogens is 320 g/mol. The van der Waals surface area contributed by atoms with Crippen molar-refractivity contribution in [3.63, 3.8) is 0 Å². The Morgan fingerprint density at radius 2 is 1.92 bits per heavy atom. The van der Waals surface area contributed by atoms with E-state index in [9.17, 15) is 5.11 Å². The Kier molecular flexibility index (Phi) is 3.64. The fourth-order valence-corrected chi connectivity index (χ4v) is 7.38. The minimum Gasteiger partial charge on any atom is -0.465 e. The maximum atomic E-state index is 10.2. The van der Waals surface area contributed by atoms with Gasteiger partial charge in [-0.2, -0.15) is 0 Å². The van der Waals surface area contributed by atoms with Crippen LogP contribution in [0.5, 0.6) is 0 Å². The van der Waals surface area contributed by atoms with Crippen LogP contribution in [-0.4, -0.2) is 11.2 Å². The zero-order chi connectivity index (χ0) is 18.1. The predicted molar refractivity (Wildman–Crippen MR) is 104 cm³/mol. The van der Waals surface area contributed by atoms with Crippen LogP contribution in [0.2, 0.25) is 0 Å². The molecule has 4 aliphatic rings. The van der Waals surface area contributed by atoms with Gasteiger partial charge in [0.25, 0.3) is 0 Å². The molecule has 4 aliphatic carbocycles. The van der Waals surface area contributed by atoms with E-state index in [1.54, 1.807) is 5.57 Å². The van der Waals surface area contributed by atoms with Crippen molar-refractivity contribution in [3.8, 4) is 0 Å². The minimum absolute atomic E-state index is 0.120. The highest BCUT2D eigenvalue weighted by molar-refractivity contribution is 5.69. The smallest absolute Gasteiger partial charge is 0.130 e. The molecule has 7 atom stereocenters. The van der Waals surface area contributed by atoms with E-state index in [-0.39, 0.29) is 11.5 Å². The highest BCUT2D eigenvalue weighted by Crippen LogP contribution is 2.67. The fraction of sp³-hybridized carbons (Fsp3) is 0.667. The maximum absolute atomic E-state index is 10.2. The van der Waals surface area contributed by atoms with Crippen LogP contribution in [0.1, 0.15) is 65.1 Å². The molecule has 0 bridgehead atoms. The number of allylic oxidation sites excluding steroid dienone is 3. The van der Waals surface area contributed by atoms with Crippen LogP contribution in [0.25, 0.3) is 5.57 Å². The van der Waals surface area contributed by atoms with Gasteiger partial charge < -0.3 is 9.52 Å². The monoisotopic (exact) mass is 352 g/mol. The molecule has 0 aliphatic heterocycles. The van der Waals surface area contributed by atoms with E-state index >= 15 is 0 Å². The molecule has 1 aromatic heterocycles. The van der Waals surface area contributed by atoms with Gasteiger partial charge in [0, 0.05) is 0 Å². The molecule has 140 valence electrons. The lowest BCUT2D eigenvalue weighted by Gasteiger charge is -2.59. The second-order valence-corrected chi connectivity index (χ2v) is 9.94. The summed E-state index contributed by atoms with van der Waals surface area (Å²) < 4.78 is 5.80. The van der Waals surface area contributed by atoms with Crippen LogP contribution >= 0.6 is 0 Å². The van der Waals surface area contributed by atoms with Crippen molar-refractivity contribution in [3.05, 3.63) is 41.9 Å². The lowest BCUT2D eigenvalue weighted by atomic mass is 9.45. The topological polar surface area (TPSA) is 33.4 Å². The molecule has 1 N–H and O–H groups in total. The highest BCUT2D eigenvalue weighted by atomic mass is 16.3. The van der Waals surface area contributed by atoms with Crippen molar-refractivity contribution in [2.45, 2.75) is 65.4 Å². The molecule has 0 radical (unpaired) electrons. The standard InChI is InChI=1S/C24H32O2/c1-15-13-16-14-17(25)8-10-23(16,2)20-9-11-24(3)18(21-5-4-12-26-21)6-7-19(24)22(15)20/h4-6,12-13,15,17,19-20,22,25H,7-11,14H2,1-3H3/t15-,17-,19+,20+,22+,23+,24-/m1/s1. The molecular formula is C24H32O2. The number of aliphatic hydroxyl groups is 1. The van der Waals surface area contributed by atoms with E-state index in [4.69, 9.17) is 4.42 Å². The molecule has 0 spiro atoms. The maximum Gasteiger partial charge on any atom is 0.130 e. The highest BCUT2D eigenvalue weighted by Gasteiger charge is 2.58. The molecule has 2 saturated carbocycles. The first-order valence-electron chi connectivity index (χ1n) is 10.6. The first-order valence-corrected chi connectivity index (χ1v) is 10.6. The van der Waals surface area contributed by atoms with Crippen LogP contribution in [0.4, 0.5) is 0 Å². The van der Waals surface area contributed by atoms with Crippen molar-refractivity contribution in [1.82, 2.24) is 0 Å². The van der Waals surface area contributed by atoms with Gasteiger partial charge in [0.1, 0.15) is 5.76 Å². The third-order valence-corrected chi connectivity index (χ3v) is 8.78. The van der Waals surface area contributed by atoms with Crippen LogP contribution in [0, 0.1) is 34.5 Å². The number of rotatable bonds is 1. The van der Waals surface area contributed by atoms with Gasteiger partial charge in [-0.15, -0.1) is 0 Å². The van der Waals surface area contributed by atoms with Gasteiger partial charge in [0.2, 0.25) is 0 Å². The molecule has 0 saturated heterocycles. The van der Waals surface area contributed by atoms with Crippen molar-refractivity contribution in [1.29, 1.82) is 0 Å². The van der Waals surface area contributed by atoms with Crippen LogP contribution in [-0.2, 0) is 0 Å². The minimum atomic E-state index is -0.120. The zero-order valence-electron chi connectivity index (χ0n) is 16.4. The van der Waals surface area contributed by atoms with Crippen LogP contribution in [0.15, 0.2) is 40.5 Å².